The van der Waals surface area contributed by atoms with Crippen LogP contribution in [0.5, 0.6) is 0 Å². The van der Waals surface area contributed by atoms with Crippen molar-refractivity contribution in [3.05, 3.63) is 28.8 Å². The zero-order valence-corrected chi connectivity index (χ0v) is 11.9. The molecule has 2 aromatic heterocycles. The molecule has 2 heterocycles. The highest BCUT2D eigenvalue weighted by Gasteiger charge is 2.17. The van der Waals surface area contributed by atoms with Gasteiger partial charge in [0.15, 0.2) is 11.5 Å². The van der Waals surface area contributed by atoms with Gasteiger partial charge in [-0.15, -0.1) is 0 Å². The van der Waals surface area contributed by atoms with Crippen LogP contribution < -0.4 is 10.6 Å². The molecule has 3 N–H and O–H groups in total. The van der Waals surface area contributed by atoms with Crippen LogP contribution in [0.2, 0.25) is 5.02 Å². The number of nitrogens with one attached hydrogen (secondary N) is 2. The standard InChI is InChI=1S/C11H14ClN5O4/c1-19-3-2-13-11-9(16-21-17-11)10(15-18)14-5-8-4-7(12)6-20-8/h4,6,18H,2-3,5H2,1H3,(H,13,17)(H,14,15). The van der Waals surface area contributed by atoms with Crippen molar-refractivity contribution >= 4 is 23.3 Å². The first-order chi connectivity index (χ1) is 10.2. The number of halogens is 1. The Morgan fingerprint density at radius 1 is 1.52 bits per heavy atom. The molecule has 9 nitrogen and oxygen atoms in total. The van der Waals surface area contributed by atoms with E-state index in [0.29, 0.717) is 29.8 Å². The molecule has 0 aromatic carbocycles. The summed E-state index contributed by atoms with van der Waals surface area (Å²) in [6, 6.07) is 1.64. The number of hydrogen-bond donors (Lipinski definition) is 3. The average molecular weight is 316 g/mol. The maximum absolute atomic E-state index is 9.08. The molecule has 0 fully saturated rings. The summed E-state index contributed by atoms with van der Waals surface area (Å²) in [4.78, 5) is 0. The summed E-state index contributed by atoms with van der Waals surface area (Å²) in [5.74, 6) is 1.00. The molecular formula is C11H14ClN5O4. The van der Waals surface area contributed by atoms with Gasteiger partial charge in [-0.3, -0.25) is 0 Å². The van der Waals surface area contributed by atoms with Gasteiger partial charge in [0, 0.05) is 19.7 Å². The van der Waals surface area contributed by atoms with Gasteiger partial charge in [-0.1, -0.05) is 16.8 Å². The lowest BCUT2D eigenvalue weighted by molar-refractivity contribution is 0.210. The fraction of sp³-hybridized carbons (Fsp3) is 0.364. The third-order valence-electron chi connectivity index (χ3n) is 2.46. The number of anilines is 1. The van der Waals surface area contributed by atoms with E-state index in [1.54, 1.807) is 13.2 Å². The molecule has 0 saturated carbocycles. The summed E-state index contributed by atoms with van der Waals surface area (Å²) in [5, 5.41) is 25.9. The summed E-state index contributed by atoms with van der Waals surface area (Å²) >= 11 is 5.74. The monoisotopic (exact) mass is 315 g/mol. The zero-order chi connectivity index (χ0) is 15.1. The normalized spacial score (nSPS) is 11.6. The molecule has 0 spiro atoms. The summed E-state index contributed by atoms with van der Waals surface area (Å²) in [6.45, 7) is 1.25. The number of oxime groups is 1. The van der Waals surface area contributed by atoms with Crippen LogP contribution in [0.25, 0.3) is 0 Å². The quantitative estimate of drug-likeness (QED) is 0.230. The van der Waals surface area contributed by atoms with E-state index in [1.807, 2.05) is 0 Å². The van der Waals surface area contributed by atoms with Gasteiger partial charge in [-0.2, -0.15) is 0 Å². The molecule has 0 atom stereocenters. The second-order valence-corrected chi connectivity index (χ2v) is 4.35. The Kier molecular flexibility index (Phi) is 5.41. The second kappa shape index (κ2) is 7.50. The molecule has 0 aliphatic heterocycles. The van der Waals surface area contributed by atoms with E-state index in [4.69, 9.17) is 26.0 Å². The molecule has 0 saturated heterocycles. The number of amidine groups is 1. The highest BCUT2D eigenvalue weighted by Crippen LogP contribution is 2.14. The molecule has 2 aromatic rings. The Morgan fingerprint density at radius 3 is 3.05 bits per heavy atom. The lowest BCUT2D eigenvalue weighted by Gasteiger charge is -2.06. The lowest BCUT2D eigenvalue weighted by atomic mass is 10.3. The van der Waals surface area contributed by atoms with Crippen molar-refractivity contribution in [2.75, 3.05) is 25.6 Å². The van der Waals surface area contributed by atoms with Crippen molar-refractivity contribution in [3.8, 4) is 0 Å². The van der Waals surface area contributed by atoms with Gasteiger partial charge in [0.1, 0.15) is 12.0 Å². The summed E-state index contributed by atoms with van der Waals surface area (Å²) < 4.78 is 14.7. The minimum atomic E-state index is 0.0867. The van der Waals surface area contributed by atoms with E-state index in [2.05, 4.69) is 30.7 Å². The van der Waals surface area contributed by atoms with Gasteiger partial charge in [0.25, 0.3) is 0 Å². The molecule has 0 amide bonds. The Labute approximate surface area is 124 Å². The Hall–Kier alpha value is -2.26. The van der Waals surface area contributed by atoms with E-state index in [-0.39, 0.29) is 18.1 Å². The molecule has 10 heteroatoms. The van der Waals surface area contributed by atoms with Crippen molar-refractivity contribution in [2.24, 2.45) is 5.16 Å². The summed E-state index contributed by atoms with van der Waals surface area (Å²) in [5.41, 5.74) is 0.242. The number of rotatable bonds is 7. The van der Waals surface area contributed by atoms with E-state index < -0.39 is 0 Å². The van der Waals surface area contributed by atoms with Gasteiger partial charge in [0.05, 0.1) is 18.2 Å². The van der Waals surface area contributed by atoms with Crippen LogP contribution in [-0.2, 0) is 11.3 Å². The summed E-state index contributed by atoms with van der Waals surface area (Å²) in [7, 11) is 1.58. The van der Waals surface area contributed by atoms with Crippen LogP contribution in [0.15, 0.2) is 26.5 Å². The maximum atomic E-state index is 9.08. The molecule has 0 unspecified atom stereocenters. The highest BCUT2D eigenvalue weighted by atomic mass is 35.5. The number of methoxy groups -OCH3 is 1. The van der Waals surface area contributed by atoms with Crippen LogP contribution in [0.1, 0.15) is 11.5 Å². The Morgan fingerprint density at radius 2 is 2.38 bits per heavy atom. The number of ether oxygens (including phenoxy) is 1. The first-order valence-electron chi connectivity index (χ1n) is 5.99. The molecule has 0 aliphatic carbocycles. The van der Waals surface area contributed by atoms with Gasteiger partial charge in [-0.05, 0) is 10.3 Å². The topological polar surface area (TPSA) is 118 Å². The third kappa shape index (κ3) is 4.10. The summed E-state index contributed by atoms with van der Waals surface area (Å²) in [6.07, 6.45) is 1.41. The third-order valence-corrected chi connectivity index (χ3v) is 2.66. The largest absolute Gasteiger partial charge is 0.466 e. The smallest absolute Gasteiger partial charge is 0.202 e. The van der Waals surface area contributed by atoms with Crippen molar-refractivity contribution in [2.45, 2.75) is 6.54 Å². The fourth-order valence-corrected chi connectivity index (χ4v) is 1.68. The van der Waals surface area contributed by atoms with Gasteiger partial charge < -0.3 is 25.0 Å². The second-order valence-electron chi connectivity index (χ2n) is 3.91. The number of aromatic nitrogens is 2. The van der Waals surface area contributed by atoms with E-state index in [1.165, 1.54) is 6.26 Å². The van der Waals surface area contributed by atoms with Gasteiger partial charge in [-0.25, -0.2) is 4.63 Å². The minimum Gasteiger partial charge on any atom is -0.466 e. The Bertz CT molecular complexity index is 597. The Balaban J connectivity index is 1.99. The van der Waals surface area contributed by atoms with Crippen molar-refractivity contribution in [1.29, 1.82) is 0 Å². The molecule has 2 rings (SSSR count). The molecule has 21 heavy (non-hydrogen) atoms. The molecule has 0 bridgehead atoms. The van der Waals surface area contributed by atoms with Crippen LogP contribution in [0.4, 0.5) is 5.82 Å². The van der Waals surface area contributed by atoms with Crippen LogP contribution >= 0.6 is 11.6 Å². The number of hydrogen-bond acceptors (Lipinski definition) is 8. The number of furan rings is 1. The highest BCUT2D eigenvalue weighted by molar-refractivity contribution is 6.30. The van der Waals surface area contributed by atoms with Crippen LogP contribution in [0, 0.1) is 0 Å². The maximum Gasteiger partial charge on any atom is 0.202 e. The van der Waals surface area contributed by atoms with E-state index in [0.717, 1.165) is 0 Å². The van der Waals surface area contributed by atoms with Gasteiger partial charge in [0.2, 0.25) is 5.82 Å². The van der Waals surface area contributed by atoms with E-state index in [9.17, 15) is 0 Å². The molecular weight excluding hydrogens is 302 g/mol. The lowest BCUT2D eigenvalue weighted by Crippen LogP contribution is -2.25. The van der Waals surface area contributed by atoms with Crippen LogP contribution in [0.3, 0.4) is 0 Å². The van der Waals surface area contributed by atoms with Crippen molar-refractivity contribution < 1.29 is 19.0 Å². The SMILES string of the molecule is COCCNc1nonc1/C(=N/O)NCc1cc(Cl)co1. The molecule has 114 valence electrons. The van der Waals surface area contributed by atoms with Crippen LogP contribution in [-0.4, -0.2) is 41.6 Å². The first-order valence-corrected chi connectivity index (χ1v) is 6.37. The number of nitrogens with zero attached hydrogens (tertiary/aromatic N) is 3. The van der Waals surface area contributed by atoms with Gasteiger partial charge >= 0.3 is 0 Å². The minimum absolute atomic E-state index is 0.0867. The predicted octanol–water partition coefficient (Wildman–Crippen LogP) is 1.30. The average Bonchev–Trinajstić information content (AvgIpc) is 3.10. The van der Waals surface area contributed by atoms with Crippen molar-refractivity contribution in [1.82, 2.24) is 15.6 Å². The predicted molar refractivity (Wildman–Crippen MR) is 73.5 cm³/mol. The molecule has 0 aliphatic rings. The fourth-order valence-electron chi connectivity index (χ4n) is 1.52. The first kappa shape index (κ1) is 15.1. The molecule has 0 radical (unpaired) electrons. The zero-order valence-electron chi connectivity index (χ0n) is 11.2. The van der Waals surface area contributed by atoms with E-state index >= 15 is 0 Å². The van der Waals surface area contributed by atoms with Crippen molar-refractivity contribution in [3.63, 3.8) is 0 Å².